The Kier molecular flexibility index (Phi) is 4.14. The fourth-order valence-electron chi connectivity index (χ4n) is 0.797. The molecule has 0 aliphatic heterocycles. The third-order valence-corrected chi connectivity index (χ3v) is 2.05. The molecule has 0 radical (unpaired) electrons. The monoisotopic (exact) mass is 190 g/mol. The highest BCUT2D eigenvalue weighted by atomic mass is 32.2. The molecule has 13 heavy (non-hydrogen) atoms. The lowest BCUT2D eigenvalue weighted by atomic mass is 10.2. The van der Waals surface area contributed by atoms with Crippen LogP contribution >= 0.6 is 11.8 Å². The molecule has 1 nitrogen and oxygen atoms in total. The van der Waals surface area contributed by atoms with Gasteiger partial charge in [0.25, 0.3) is 0 Å². The van der Waals surface area contributed by atoms with Crippen LogP contribution in [0.2, 0.25) is 0 Å². The second-order valence-corrected chi connectivity index (χ2v) is 3.60. The summed E-state index contributed by atoms with van der Waals surface area (Å²) in [4.78, 5) is 10.6. The number of thioether (sulfide) groups is 1. The van der Waals surface area contributed by atoms with Gasteiger partial charge in [0, 0.05) is 12.5 Å². The summed E-state index contributed by atoms with van der Waals surface area (Å²) < 4.78 is 0. The molecule has 0 amide bonds. The van der Waals surface area contributed by atoms with Crippen LogP contribution in [0.15, 0.2) is 30.3 Å². The van der Waals surface area contributed by atoms with E-state index in [1.54, 1.807) is 6.92 Å². The predicted molar refractivity (Wildman–Crippen MR) is 56.5 cm³/mol. The van der Waals surface area contributed by atoms with E-state index in [1.165, 1.54) is 11.8 Å². The van der Waals surface area contributed by atoms with E-state index in [0.29, 0.717) is 5.75 Å². The molecule has 0 aromatic heterocycles. The first-order valence-electron chi connectivity index (χ1n) is 3.96. The van der Waals surface area contributed by atoms with Gasteiger partial charge in [-0.3, -0.25) is 4.79 Å². The standard InChI is InChI=1S/C11H10OS/c1-10(12)13-9-5-8-11-6-3-2-4-7-11/h2-4,6-7H,9H2,1H3. The van der Waals surface area contributed by atoms with Crippen molar-refractivity contribution in [2.45, 2.75) is 6.92 Å². The second-order valence-electron chi connectivity index (χ2n) is 2.45. The van der Waals surface area contributed by atoms with Crippen LogP contribution in [0.4, 0.5) is 0 Å². The number of benzene rings is 1. The zero-order chi connectivity index (χ0) is 9.52. The molecular formula is C11H10OS. The Morgan fingerprint density at radius 3 is 2.69 bits per heavy atom. The van der Waals surface area contributed by atoms with Crippen molar-refractivity contribution < 1.29 is 4.79 Å². The molecule has 2 heteroatoms. The first-order chi connectivity index (χ1) is 6.29. The maximum absolute atomic E-state index is 10.6. The van der Waals surface area contributed by atoms with Crippen molar-refractivity contribution in [1.29, 1.82) is 0 Å². The van der Waals surface area contributed by atoms with Crippen LogP contribution in [-0.2, 0) is 4.79 Å². The largest absolute Gasteiger partial charge is 0.288 e. The first kappa shape index (κ1) is 9.88. The summed E-state index contributed by atoms with van der Waals surface area (Å²) in [6.07, 6.45) is 0. The minimum atomic E-state index is 0.113. The average molecular weight is 190 g/mol. The zero-order valence-electron chi connectivity index (χ0n) is 7.41. The summed E-state index contributed by atoms with van der Waals surface area (Å²) in [5.41, 5.74) is 0.992. The smallest absolute Gasteiger partial charge is 0.186 e. The lowest BCUT2D eigenvalue weighted by molar-refractivity contribution is -0.109. The summed E-state index contributed by atoms with van der Waals surface area (Å²) in [5.74, 6) is 6.48. The van der Waals surface area contributed by atoms with Crippen molar-refractivity contribution in [1.82, 2.24) is 0 Å². The molecular weight excluding hydrogens is 180 g/mol. The highest BCUT2D eigenvalue weighted by Gasteiger charge is 1.88. The SMILES string of the molecule is CC(=O)SCC#Cc1ccccc1. The van der Waals surface area contributed by atoms with Crippen molar-refractivity contribution in [3.8, 4) is 11.8 Å². The summed E-state index contributed by atoms with van der Waals surface area (Å²) in [6.45, 7) is 1.55. The van der Waals surface area contributed by atoms with E-state index in [9.17, 15) is 4.79 Å². The van der Waals surface area contributed by atoms with E-state index in [-0.39, 0.29) is 5.12 Å². The summed E-state index contributed by atoms with van der Waals surface area (Å²) in [5, 5.41) is 0.113. The van der Waals surface area contributed by atoms with Crippen LogP contribution in [0.5, 0.6) is 0 Å². The van der Waals surface area contributed by atoms with Gasteiger partial charge in [-0.2, -0.15) is 0 Å². The van der Waals surface area contributed by atoms with Crippen molar-refractivity contribution in [3.05, 3.63) is 35.9 Å². The van der Waals surface area contributed by atoms with Gasteiger partial charge in [0.05, 0.1) is 5.75 Å². The molecule has 1 aromatic carbocycles. The molecule has 1 aromatic rings. The predicted octanol–water partition coefficient (Wildman–Crippen LogP) is 2.32. The third kappa shape index (κ3) is 4.39. The maximum atomic E-state index is 10.6. The van der Waals surface area contributed by atoms with E-state index in [1.807, 2.05) is 30.3 Å². The molecule has 66 valence electrons. The van der Waals surface area contributed by atoms with E-state index >= 15 is 0 Å². The fraction of sp³-hybridized carbons (Fsp3) is 0.182. The molecule has 0 N–H and O–H groups in total. The second kappa shape index (κ2) is 5.45. The Bertz CT molecular complexity index is 332. The number of carbonyl (C=O) groups is 1. The molecule has 0 unspecified atom stereocenters. The lowest BCUT2D eigenvalue weighted by Crippen LogP contribution is -1.82. The van der Waals surface area contributed by atoms with Gasteiger partial charge in [-0.05, 0) is 12.1 Å². The van der Waals surface area contributed by atoms with Crippen LogP contribution in [0.25, 0.3) is 0 Å². The van der Waals surface area contributed by atoms with E-state index in [4.69, 9.17) is 0 Å². The topological polar surface area (TPSA) is 17.1 Å². The first-order valence-corrected chi connectivity index (χ1v) is 4.95. The number of hydrogen-bond donors (Lipinski definition) is 0. The molecule has 0 heterocycles. The average Bonchev–Trinajstić information content (AvgIpc) is 2.14. The van der Waals surface area contributed by atoms with Crippen molar-refractivity contribution in [2.75, 3.05) is 5.75 Å². The quantitative estimate of drug-likeness (QED) is 0.632. The highest BCUT2D eigenvalue weighted by molar-refractivity contribution is 8.13. The Balaban J connectivity index is 2.44. The molecule has 0 bridgehead atoms. The molecule has 0 fully saturated rings. The number of rotatable bonds is 1. The third-order valence-electron chi connectivity index (χ3n) is 1.35. The molecule has 1 rings (SSSR count). The van der Waals surface area contributed by atoms with Gasteiger partial charge in [-0.15, -0.1) is 0 Å². The van der Waals surface area contributed by atoms with Gasteiger partial charge in [-0.25, -0.2) is 0 Å². The van der Waals surface area contributed by atoms with Gasteiger partial charge in [-0.1, -0.05) is 41.8 Å². The minimum absolute atomic E-state index is 0.113. The van der Waals surface area contributed by atoms with Crippen molar-refractivity contribution in [2.24, 2.45) is 0 Å². The van der Waals surface area contributed by atoms with Crippen LogP contribution in [-0.4, -0.2) is 10.9 Å². The Labute approximate surface area is 82.5 Å². The summed E-state index contributed by atoms with van der Waals surface area (Å²) in [6, 6.07) is 9.75. The normalized spacial score (nSPS) is 8.69. The highest BCUT2D eigenvalue weighted by Crippen LogP contribution is 1.99. The number of carbonyl (C=O) groups excluding carboxylic acids is 1. The zero-order valence-corrected chi connectivity index (χ0v) is 8.23. The van der Waals surface area contributed by atoms with Gasteiger partial charge < -0.3 is 0 Å². The van der Waals surface area contributed by atoms with Gasteiger partial charge in [0.1, 0.15) is 0 Å². The van der Waals surface area contributed by atoms with Crippen LogP contribution < -0.4 is 0 Å². The van der Waals surface area contributed by atoms with Crippen LogP contribution in [0.1, 0.15) is 12.5 Å². The molecule has 0 spiro atoms. The van der Waals surface area contributed by atoms with Gasteiger partial charge in [0.15, 0.2) is 5.12 Å². The van der Waals surface area contributed by atoms with Crippen LogP contribution in [0.3, 0.4) is 0 Å². The summed E-state index contributed by atoms with van der Waals surface area (Å²) >= 11 is 1.24. The van der Waals surface area contributed by atoms with Gasteiger partial charge in [0.2, 0.25) is 0 Å². The van der Waals surface area contributed by atoms with E-state index < -0.39 is 0 Å². The van der Waals surface area contributed by atoms with Gasteiger partial charge >= 0.3 is 0 Å². The molecule has 0 aliphatic carbocycles. The van der Waals surface area contributed by atoms with E-state index in [0.717, 1.165) is 5.56 Å². The molecule has 0 atom stereocenters. The number of hydrogen-bond acceptors (Lipinski definition) is 2. The van der Waals surface area contributed by atoms with Crippen molar-refractivity contribution in [3.63, 3.8) is 0 Å². The molecule has 0 aliphatic rings. The van der Waals surface area contributed by atoms with Crippen LogP contribution in [0, 0.1) is 11.8 Å². The fourth-order valence-corrected chi connectivity index (χ4v) is 1.14. The van der Waals surface area contributed by atoms with Crippen molar-refractivity contribution >= 4 is 16.9 Å². The van der Waals surface area contributed by atoms with E-state index in [2.05, 4.69) is 11.8 Å². The Morgan fingerprint density at radius 1 is 1.38 bits per heavy atom. The molecule has 0 saturated heterocycles. The molecule has 0 saturated carbocycles. The minimum Gasteiger partial charge on any atom is -0.288 e. The maximum Gasteiger partial charge on any atom is 0.186 e. The Hall–Kier alpha value is -1.20. The Morgan fingerprint density at radius 2 is 2.08 bits per heavy atom. The summed E-state index contributed by atoms with van der Waals surface area (Å²) in [7, 11) is 0. The lowest BCUT2D eigenvalue weighted by Gasteiger charge is -1.87.